The summed E-state index contributed by atoms with van der Waals surface area (Å²) in [5, 5.41) is 19.1. The minimum Gasteiger partial charge on any atom is -0.408 e. The van der Waals surface area contributed by atoms with Gasteiger partial charge in [-0.25, -0.2) is 0 Å². The lowest BCUT2D eigenvalue weighted by Crippen LogP contribution is -1.78. The Morgan fingerprint density at radius 1 is 2.00 bits per heavy atom. The van der Waals surface area contributed by atoms with Gasteiger partial charge in [-0.1, -0.05) is 0 Å². The minimum atomic E-state index is -0.565. The Labute approximate surface area is 29.5 Å². The van der Waals surface area contributed by atoms with Crippen LogP contribution in [0.25, 0.3) is 0 Å². The van der Waals surface area contributed by atoms with Crippen molar-refractivity contribution in [3.05, 3.63) is 0 Å². The summed E-state index contributed by atoms with van der Waals surface area (Å²) in [4.78, 5) is 0. The quantitative estimate of drug-likeness (QED) is 0.190. The van der Waals surface area contributed by atoms with E-state index in [4.69, 9.17) is 5.21 Å². The minimum absolute atomic E-state index is 0.565. The van der Waals surface area contributed by atoms with E-state index < -0.39 is 5.90 Å². The Morgan fingerprint density at radius 3 is 2.20 bits per heavy atom. The van der Waals surface area contributed by atoms with Crippen LogP contribution in [-0.4, -0.2) is 11.1 Å². The van der Waals surface area contributed by atoms with Crippen LogP contribution in [0, 0.1) is 0 Å². The standard InChI is InChI=1S/C2H4NO2/c1-2(4)3-5/h5H,1H3. The monoisotopic (exact) mass is 74.0 g/mol. The van der Waals surface area contributed by atoms with Crippen LogP contribution >= 0.6 is 0 Å². The van der Waals surface area contributed by atoms with Crippen LogP contribution < -0.4 is 0 Å². The lowest BCUT2D eigenvalue weighted by atomic mass is 10.8. The molecular weight excluding hydrogens is 70.0 g/mol. The van der Waals surface area contributed by atoms with Gasteiger partial charge in [-0.3, -0.25) is 5.11 Å². The molecule has 1 N–H and O–H groups in total. The van der Waals surface area contributed by atoms with Crippen molar-refractivity contribution in [1.82, 2.24) is 0 Å². The van der Waals surface area contributed by atoms with Gasteiger partial charge in [-0.15, -0.1) is 0 Å². The summed E-state index contributed by atoms with van der Waals surface area (Å²) < 4.78 is 0. The molecule has 0 aliphatic rings. The first-order valence-corrected chi connectivity index (χ1v) is 1.13. The van der Waals surface area contributed by atoms with E-state index in [-0.39, 0.29) is 0 Å². The van der Waals surface area contributed by atoms with Gasteiger partial charge < -0.3 is 5.21 Å². The molecule has 0 aliphatic heterocycles. The van der Waals surface area contributed by atoms with Crippen molar-refractivity contribution in [2.75, 3.05) is 0 Å². The molecule has 0 aromatic rings. The zero-order valence-electron chi connectivity index (χ0n) is 2.80. The summed E-state index contributed by atoms with van der Waals surface area (Å²) in [5.74, 6) is -0.565. The maximum Gasteiger partial charge on any atom is 0.278 e. The summed E-state index contributed by atoms with van der Waals surface area (Å²) in [6.45, 7) is 1.17. The first-order valence-electron chi connectivity index (χ1n) is 1.13. The second-order valence-electron chi connectivity index (χ2n) is 0.619. The molecule has 0 unspecified atom stereocenters. The normalized spacial score (nSPS) is 11.8. The molecule has 0 fully saturated rings. The van der Waals surface area contributed by atoms with Crippen LogP contribution in [0.5, 0.6) is 0 Å². The molecule has 3 heteroatoms. The van der Waals surface area contributed by atoms with Crippen LogP contribution in [0.3, 0.4) is 0 Å². The second-order valence-corrected chi connectivity index (χ2v) is 0.619. The van der Waals surface area contributed by atoms with Crippen molar-refractivity contribution in [2.24, 2.45) is 5.16 Å². The van der Waals surface area contributed by atoms with Crippen molar-refractivity contribution in [2.45, 2.75) is 6.92 Å². The Morgan fingerprint density at radius 2 is 2.20 bits per heavy atom. The van der Waals surface area contributed by atoms with E-state index in [1.807, 2.05) is 0 Å². The van der Waals surface area contributed by atoms with Crippen LogP contribution in [0.2, 0.25) is 0 Å². The number of rotatable bonds is 0. The molecule has 0 amide bonds. The molecule has 0 spiro atoms. The Bertz CT molecular complexity index is 45.6. The van der Waals surface area contributed by atoms with Gasteiger partial charge in [0, 0.05) is 6.92 Å². The van der Waals surface area contributed by atoms with Gasteiger partial charge in [-0.2, -0.15) is 0 Å². The molecule has 3 nitrogen and oxygen atoms in total. The topological polar surface area (TPSA) is 52.5 Å². The summed E-state index contributed by atoms with van der Waals surface area (Å²) in [6, 6.07) is 0. The van der Waals surface area contributed by atoms with Crippen LogP contribution in [0.1, 0.15) is 6.92 Å². The molecule has 0 saturated carbocycles. The molecule has 0 saturated heterocycles. The third kappa shape index (κ3) is 3.27. The molecule has 29 valence electrons. The highest BCUT2D eigenvalue weighted by atomic mass is 16.5. The molecule has 0 aromatic heterocycles. The van der Waals surface area contributed by atoms with Crippen molar-refractivity contribution in [3.63, 3.8) is 0 Å². The van der Waals surface area contributed by atoms with E-state index >= 15 is 0 Å². The fraction of sp³-hybridized carbons (Fsp3) is 0.500. The average Bonchev–Trinajstić information content (AvgIpc) is 1.38. The number of hydrogen-bond donors (Lipinski definition) is 1. The predicted molar refractivity (Wildman–Crippen MR) is 15.6 cm³/mol. The molecule has 0 heterocycles. The zero-order valence-corrected chi connectivity index (χ0v) is 2.80. The summed E-state index contributed by atoms with van der Waals surface area (Å²) in [7, 11) is 0. The molecule has 0 aromatic carbocycles. The van der Waals surface area contributed by atoms with E-state index in [1.165, 1.54) is 6.92 Å². The average molecular weight is 74.1 g/mol. The number of hydrogen-bond acceptors (Lipinski definition) is 2. The maximum absolute atomic E-state index is 9.40. The smallest absolute Gasteiger partial charge is 0.278 e. The Balaban J connectivity index is 3.14. The fourth-order valence-electron chi connectivity index (χ4n) is 0. The van der Waals surface area contributed by atoms with Gasteiger partial charge in [0.2, 0.25) is 0 Å². The molecule has 1 radical (unpaired) electrons. The van der Waals surface area contributed by atoms with E-state index in [1.54, 1.807) is 0 Å². The number of oxime groups is 1. The molecule has 5 heavy (non-hydrogen) atoms. The Hall–Kier alpha value is -0.730. The van der Waals surface area contributed by atoms with Crippen molar-refractivity contribution < 1.29 is 10.3 Å². The van der Waals surface area contributed by atoms with Crippen LogP contribution in [0.15, 0.2) is 5.16 Å². The summed E-state index contributed by atoms with van der Waals surface area (Å²) in [5.41, 5.74) is 0. The molecule has 0 aliphatic carbocycles. The highest BCUT2D eigenvalue weighted by Crippen LogP contribution is 1.58. The summed E-state index contributed by atoms with van der Waals surface area (Å²) >= 11 is 0. The maximum atomic E-state index is 9.40. The third-order valence-corrected chi connectivity index (χ3v) is 0.141. The van der Waals surface area contributed by atoms with E-state index in [0.717, 1.165) is 0 Å². The molecule has 0 rings (SSSR count). The van der Waals surface area contributed by atoms with Gasteiger partial charge in [0.1, 0.15) is 0 Å². The van der Waals surface area contributed by atoms with E-state index in [9.17, 15) is 5.11 Å². The first kappa shape index (κ1) is 4.27. The van der Waals surface area contributed by atoms with Gasteiger partial charge >= 0.3 is 0 Å². The van der Waals surface area contributed by atoms with Crippen molar-refractivity contribution in [3.8, 4) is 0 Å². The lowest BCUT2D eigenvalue weighted by Gasteiger charge is -1.66. The Kier molecular flexibility index (Phi) is 1.35. The lowest BCUT2D eigenvalue weighted by molar-refractivity contribution is 0.286. The zero-order chi connectivity index (χ0) is 4.28. The highest BCUT2D eigenvalue weighted by Gasteiger charge is 1.74. The largest absolute Gasteiger partial charge is 0.408 e. The van der Waals surface area contributed by atoms with Gasteiger partial charge in [0.25, 0.3) is 5.90 Å². The SMILES string of the molecule is CC([O])=NO. The van der Waals surface area contributed by atoms with E-state index in [2.05, 4.69) is 5.16 Å². The van der Waals surface area contributed by atoms with Crippen LogP contribution in [0.4, 0.5) is 0 Å². The second kappa shape index (κ2) is 1.58. The van der Waals surface area contributed by atoms with Crippen LogP contribution in [-0.2, 0) is 5.11 Å². The predicted octanol–water partition coefficient (Wildman–Crippen LogP) is 0.224. The third-order valence-electron chi connectivity index (χ3n) is 0.141. The van der Waals surface area contributed by atoms with Gasteiger partial charge in [0.15, 0.2) is 0 Å². The molecule has 0 bridgehead atoms. The van der Waals surface area contributed by atoms with Gasteiger partial charge in [0.05, 0.1) is 0 Å². The first-order chi connectivity index (χ1) is 2.27. The fourth-order valence-corrected chi connectivity index (χ4v) is 0. The van der Waals surface area contributed by atoms with Gasteiger partial charge in [-0.05, 0) is 5.16 Å². The highest BCUT2D eigenvalue weighted by molar-refractivity contribution is 5.69. The van der Waals surface area contributed by atoms with Crippen molar-refractivity contribution in [1.29, 1.82) is 0 Å². The van der Waals surface area contributed by atoms with E-state index in [0.29, 0.717) is 0 Å². The summed E-state index contributed by atoms with van der Waals surface area (Å²) in [6.07, 6.45) is 0. The van der Waals surface area contributed by atoms with Crippen molar-refractivity contribution >= 4 is 5.90 Å². The molecular formula is C2H4NO2. The molecule has 0 atom stereocenters. The number of nitrogens with zero attached hydrogens (tertiary/aromatic N) is 1.